The summed E-state index contributed by atoms with van der Waals surface area (Å²) in [6.45, 7) is 2.78. The molecule has 1 aromatic rings. The van der Waals surface area contributed by atoms with Crippen LogP contribution >= 0.6 is 11.3 Å². The number of aliphatic hydroxyl groups is 1. The molecule has 3 nitrogen and oxygen atoms in total. The molecule has 1 aliphatic carbocycles. The molecular formula is C11H18N2OS. The molecule has 84 valence electrons. The standard InChI is InChI=1S/C11H18N2OS/c1-9(10-6-15-8-13-10)12-7-11(14)4-2-3-5-11/h6,8-9,12,14H,2-5,7H2,1H3. The van der Waals surface area contributed by atoms with Gasteiger partial charge in [-0.2, -0.15) is 0 Å². The number of rotatable bonds is 4. The summed E-state index contributed by atoms with van der Waals surface area (Å²) in [5.41, 5.74) is 2.45. The maximum atomic E-state index is 10.2. The van der Waals surface area contributed by atoms with Crippen LogP contribution in [0.3, 0.4) is 0 Å². The topological polar surface area (TPSA) is 45.1 Å². The second kappa shape index (κ2) is 4.60. The molecule has 2 N–H and O–H groups in total. The highest BCUT2D eigenvalue weighted by Crippen LogP contribution is 2.29. The van der Waals surface area contributed by atoms with Crippen LogP contribution in [0.4, 0.5) is 0 Å². The largest absolute Gasteiger partial charge is 0.389 e. The van der Waals surface area contributed by atoms with E-state index in [0.717, 1.165) is 31.4 Å². The molecular weight excluding hydrogens is 208 g/mol. The van der Waals surface area contributed by atoms with Crippen molar-refractivity contribution in [3.63, 3.8) is 0 Å². The third-order valence-electron chi connectivity index (χ3n) is 3.17. The summed E-state index contributed by atoms with van der Waals surface area (Å²) in [7, 11) is 0. The van der Waals surface area contributed by atoms with Crippen molar-refractivity contribution < 1.29 is 5.11 Å². The van der Waals surface area contributed by atoms with Crippen molar-refractivity contribution in [1.29, 1.82) is 0 Å². The van der Waals surface area contributed by atoms with E-state index in [2.05, 4.69) is 22.6 Å². The molecule has 0 amide bonds. The Morgan fingerprint density at radius 1 is 1.60 bits per heavy atom. The SMILES string of the molecule is CC(NCC1(O)CCCC1)c1cscn1. The van der Waals surface area contributed by atoms with E-state index in [9.17, 15) is 5.11 Å². The van der Waals surface area contributed by atoms with Gasteiger partial charge in [-0.1, -0.05) is 12.8 Å². The van der Waals surface area contributed by atoms with E-state index in [0.29, 0.717) is 6.54 Å². The van der Waals surface area contributed by atoms with E-state index >= 15 is 0 Å². The molecule has 0 bridgehead atoms. The lowest BCUT2D eigenvalue weighted by molar-refractivity contribution is 0.0452. The fraction of sp³-hybridized carbons (Fsp3) is 0.727. The Hall–Kier alpha value is -0.450. The summed E-state index contributed by atoms with van der Waals surface area (Å²) in [5, 5.41) is 15.6. The molecule has 1 aromatic heterocycles. The first kappa shape index (κ1) is 11.0. The van der Waals surface area contributed by atoms with Gasteiger partial charge in [-0.15, -0.1) is 11.3 Å². The second-order valence-electron chi connectivity index (χ2n) is 4.45. The average molecular weight is 226 g/mol. The van der Waals surface area contributed by atoms with Crippen molar-refractivity contribution in [2.45, 2.75) is 44.2 Å². The number of hydrogen-bond acceptors (Lipinski definition) is 4. The Morgan fingerprint density at radius 2 is 2.33 bits per heavy atom. The minimum Gasteiger partial charge on any atom is -0.389 e. The van der Waals surface area contributed by atoms with Gasteiger partial charge >= 0.3 is 0 Å². The first-order valence-electron chi connectivity index (χ1n) is 5.53. The Bertz CT molecular complexity index is 294. The third-order valence-corrected chi connectivity index (χ3v) is 3.77. The van der Waals surface area contributed by atoms with E-state index < -0.39 is 5.60 Å². The second-order valence-corrected chi connectivity index (χ2v) is 5.17. The summed E-state index contributed by atoms with van der Waals surface area (Å²) < 4.78 is 0. The van der Waals surface area contributed by atoms with Gasteiger partial charge in [-0.3, -0.25) is 0 Å². The molecule has 0 aliphatic heterocycles. The van der Waals surface area contributed by atoms with Crippen molar-refractivity contribution >= 4 is 11.3 Å². The van der Waals surface area contributed by atoms with Crippen molar-refractivity contribution in [3.05, 3.63) is 16.6 Å². The fourth-order valence-electron chi connectivity index (χ4n) is 2.09. The van der Waals surface area contributed by atoms with Crippen LogP contribution in [0.2, 0.25) is 0 Å². The molecule has 1 saturated carbocycles. The maximum absolute atomic E-state index is 10.2. The van der Waals surface area contributed by atoms with Crippen molar-refractivity contribution in [1.82, 2.24) is 10.3 Å². The van der Waals surface area contributed by atoms with E-state index in [1.807, 2.05) is 5.51 Å². The van der Waals surface area contributed by atoms with Crippen molar-refractivity contribution in [2.75, 3.05) is 6.54 Å². The van der Waals surface area contributed by atoms with E-state index in [4.69, 9.17) is 0 Å². The zero-order chi connectivity index (χ0) is 10.7. The van der Waals surface area contributed by atoms with Crippen LogP contribution < -0.4 is 5.32 Å². The molecule has 1 aliphatic rings. The van der Waals surface area contributed by atoms with Gasteiger partial charge in [0.15, 0.2) is 0 Å². The van der Waals surface area contributed by atoms with Gasteiger partial charge in [0.1, 0.15) is 0 Å². The lowest BCUT2D eigenvalue weighted by atomic mass is 10.0. The number of hydrogen-bond donors (Lipinski definition) is 2. The average Bonchev–Trinajstić information content (AvgIpc) is 2.85. The van der Waals surface area contributed by atoms with Gasteiger partial charge in [0, 0.05) is 18.0 Å². The third kappa shape index (κ3) is 2.77. The lowest BCUT2D eigenvalue weighted by Gasteiger charge is -2.24. The summed E-state index contributed by atoms with van der Waals surface area (Å²) in [4.78, 5) is 4.26. The van der Waals surface area contributed by atoms with Crippen LogP contribution in [0.1, 0.15) is 44.3 Å². The van der Waals surface area contributed by atoms with Gasteiger partial charge in [-0.25, -0.2) is 4.98 Å². The van der Waals surface area contributed by atoms with Crippen LogP contribution in [-0.4, -0.2) is 22.2 Å². The van der Waals surface area contributed by atoms with Crippen molar-refractivity contribution in [2.24, 2.45) is 0 Å². The monoisotopic (exact) mass is 226 g/mol. The van der Waals surface area contributed by atoms with E-state index in [1.165, 1.54) is 0 Å². The van der Waals surface area contributed by atoms with Gasteiger partial charge < -0.3 is 10.4 Å². The van der Waals surface area contributed by atoms with Crippen LogP contribution in [0.15, 0.2) is 10.9 Å². The zero-order valence-corrected chi connectivity index (χ0v) is 9.89. The first-order chi connectivity index (χ1) is 7.20. The van der Waals surface area contributed by atoms with Crippen molar-refractivity contribution in [3.8, 4) is 0 Å². The highest BCUT2D eigenvalue weighted by atomic mass is 32.1. The summed E-state index contributed by atoms with van der Waals surface area (Å²) in [6, 6.07) is 0.237. The van der Waals surface area contributed by atoms with Gasteiger partial charge in [0.2, 0.25) is 0 Å². The molecule has 1 heterocycles. The smallest absolute Gasteiger partial charge is 0.0795 e. The predicted molar refractivity (Wildman–Crippen MR) is 61.9 cm³/mol. The first-order valence-corrected chi connectivity index (χ1v) is 6.48. The molecule has 2 rings (SSSR count). The molecule has 15 heavy (non-hydrogen) atoms. The van der Waals surface area contributed by atoms with Gasteiger partial charge in [0.25, 0.3) is 0 Å². The molecule has 1 atom stereocenters. The van der Waals surface area contributed by atoms with E-state index in [-0.39, 0.29) is 6.04 Å². The van der Waals surface area contributed by atoms with Gasteiger partial charge in [0.05, 0.1) is 16.8 Å². The number of thiazole rings is 1. The van der Waals surface area contributed by atoms with Crippen LogP contribution in [0.5, 0.6) is 0 Å². The quantitative estimate of drug-likeness (QED) is 0.826. The normalized spacial score (nSPS) is 21.7. The number of nitrogens with zero attached hydrogens (tertiary/aromatic N) is 1. The zero-order valence-electron chi connectivity index (χ0n) is 9.07. The summed E-state index contributed by atoms with van der Waals surface area (Å²) in [5.74, 6) is 0. The Morgan fingerprint density at radius 3 is 2.93 bits per heavy atom. The highest BCUT2D eigenvalue weighted by molar-refractivity contribution is 7.07. The molecule has 4 heteroatoms. The van der Waals surface area contributed by atoms with E-state index in [1.54, 1.807) is 11.3 Å². The highest BCUT2D eigenvalue weighted by Gasteiger charge is 2.31. The van der Waals surface area contributed by atoms with Crippen LogP contribution in [0.25, 0.3) is 0 Å². The molecule has 0 spiro atoms. The predicted octanol–water partition coefficient (Wildman–Crippen LogP) is 2.10. The molecule has 0 aromatic carbocycles. The lowest BCUT2D eigenvalue weighted by Crippen LogP contribution is -2.39. The fourth-order valence-corrected chi connectivity index (χ4v) is 2.74. The Labute approximate surface area is 94.5 Å². The molecule has 0 saturated heterocycles. The van der Waals surface area contributed by atoms with Crippen LogP contribution in [0, 0.1) is 0 Å². The number of aromatic nitrogens is 1. The minimum atomic E-state index is -0.468. The minimum absolute atomic E-state index is 0.237. The molecule has 0 radical (unpaired) electrons. The Kier molecular flexibility index (Phi) is 3.38. The summed E-state index contributed by atoms with van der Waals surface area (Å²) in [6.07, 6.45) is 4.18. The number of nitrogens with one attached hydrogen (secondary N) is 1. The van der Waals surface area contributed by atoms with Crippen LogP contribution in [-0.2, 0) is 0 Å². The maximum Gasteiger partial charge on any atom is 0.0795 e. The summed E-state index contributed by atoms with van der Waals surface area (Å²) >= 11 is 1.61. The molecule has 1 unspecified atom stereocenters. The molecule has 1 fully saturated rings. The van der Waals surface area contributed by atoms with Gasteiger partial charge in [-0.05, 0) is 19.8 Å². The Balaban J connectivity index is 1.83.